The fraction of sp³-hybridized carbons (Fsp3) is 0.314. The van der Waals surface area contributed by atoms with Gasteiger partial charge >= 0.3 is 7.12 Å². The van der Waals surface area contributed by atoms with Gasteiger partial charge in [0, 0.05) is 11.5 Å². The number of carbonyl (C=O) groups excluding carboxylic acids is 4. The number of carbonyl (C=O) groups is 4. The molecule has 6 unspecified atom stereocenters. The highest BCUT2D eigenvalue weighted by Crippen LogP contribution is 2.64. The normalized spacial score (nSPS) is 28.5. The fourth-order valence-corrected chi connectivity index (χ4v) is 8.27. The summed E-state index contributed by atoms with van der Waals surface area (Å²) in [4.78, 5) is 59.4. The Morgan fingerprint density at radius 3 is 2.30 bits per heavy atom. The minimum Gasteiger partial charge on any atom is -0.491 e. The molecule has 3 aromatic carbocycles. The summed E-state index contributed by atoms with van der Waals surface area (Å²) >= 11 is 0. The van der Waals surface area contributed by atoms with Crippen LogP contribution in [-0.4, -0.2) is 59.1 Å². The molecule has 0 spiro atoms. The van der Waals surface area contributed by atoms with Gasteiger partial charge in [-0.3, -0.25) is 24.1 Å². The van der Waals surface area contributed by atoms with Crippen molar-refractivity contribution in [2.45, 2.75) is 25.7 Å². The van der Waals surface area contributed by atoms with Gasteiger partial charge in [0.15, 0.2) is 0 Å². The molecule has 3 N–H and O–H groups in total. The summed E-state index contributed by atoms with van der Waals surface area (Å²) in [6, 6.07) is 22.1. The number of allylic oxidation sites excluding steroid dienone is 2. The van der Waals surface area contributed by atoms with Gasteiger partial charge in [0.05, 0.1) is 41.2 Å². The van der Waals surface area contributed by atoms with E-state index >= 15 is 0 Å². The van der Waals surface area contributed by atoms with E-state index in [1.807, 2.05) is 31.2 Å². The molecule has 234 valence electrons. The van der Waals surface area contributed by atoms with Gasteiger partial charge in [-0.15, -0.1) is 0 Å². The number of aliphatic hydroxyl groups excluding tert-OH is 1. The quantitative estimate of drug-likeness (QED) is 0.207. The first-order valence-corrected chi connectivity index (χ1v) is 15.5. The van der Waals surface area contributed by atoms with E-state index in [1.165, 1.54) is 17.0 Å². The Morgan fingerprint density at radius 1 is 0.848 bits per heavy atom. The van der Waals surface area contributed by atoms with Crippen molar-refractivity contribution in [3.8, 4) is 5.75 Å². The van der Waals surface area contributed by atoms with Crippen LogP contribution in [0.15, 0.2) is 90.5 Å². The second-order valence-corrected chi connectivity index (χ2v) is 12.6. The van der Waals surface area contributed by atoms with E-state index in [4.69, 9.17) is 4.74 Å². The molecule has 0 radical (unpaired) electrons. The van der Waals surface area contributed by atoms with Crippen LogP contribution >= 0.6 is 0 Å². The summed E-state index contributed by atoms with van der Waals surface area (Å²) < 4.78 is 5.96. The van der Waals surface area contributed by atoms with E-state index in [0.29, 0.717) is 17.0 Å². The first-order chi connectivity index (χ1) is 22.2. The fourth-order valence-electron chi connectivity index (χ4n) is 8.27. The summed E-state index contributed by atoms with van der Waals surface area (Å²) in [5.41, 5.74) is 1.13. The molecule has 2 heterocycles. The minimum absolute atomic E-state index is 0.0314. The molecule has 10 nitrogen and oxygen atoms in total. The lowest BCUT2D eigenvalue weighted by Crippen LogP contribution is -2.49. The molecule has 3 aromatic rings. The maximum absolute atomic E-state index is 14.6. The van der Waals surface area contributed by atoms with Crippen molar-refractivity contribution in [2.24, 2.45) is 29.1 Å². The predicted octanol–water partition coefficient (Wildman–Crippen LogP) is 2.17. The van der Waals surface area contributed by atoms with Crippen LogP contribution in [0, 0.1) is 29.1 Å². The third-order valence-electron chi connectivity index (χ3n) is 10.3. The zero-order chi connectivity index (χ0) is 32.3. The molecule has 6 atom stereocenters. The molecule has 2 aliphatic carbocycles. The Kier molecular flexibility index (Phi) is 7.42. The lowest BCUT2D eigenvalue weighted by atomic mass is 9.51. The number of imide groups is 2. The van der Waals surface area contributed by atoms with Gasteiger partial charge < -0.3 is 19.9 Å². The molecule has 2 aliphatic heterocycles. The highest BCUT2D eigenvalue weighted by atomic mass is 16.5. The lowest BCUT2D eigenvalue weighted by Gasteiger charge is -2.49. The summed E-state index contributed by atoms with van der Waals surface area (Å²) in [5, 5.41) is 29.0. The highest BCUT2D eigenvalue weighted by molar-refractivity contribution is 6.58. The van der Waals surface area contributed by atoms with E-state index in [1.54, 1.807) is 48.5 Å². The zero-order valence-electron chi connectivity index (χ0n) is 25.2. The first kappa shape index (κ1) is 30.1. The summed E-state index contributed by atoms with van der Waals surface area (Å²) in [7, 11) is -1.77. The maximum Gasteiger partial charge on any atom is 0.488 e. The minimum atomic E-state index is -1.77. The third-order valence-corrected chi connectivity index (χ3v) is 10.3. The van der Waals surface area contributed by atoms with E-state index < -0.39 is 48.0 Å². The number of aliphatic hydroxyl groups is 1. The van der Waals surface area contributed by atoms with Crippen LogP contribution in [-0.2, 0) is 19.2 Å². The molecule has 11 heteroatoms. The van der Waals surface area contributed by atoms with Gasteiger partial charge in [-0.2, -0.15) is 0 Å². The van der Waals surface area contributed by atoms with Gasteiger partial charge in [-0.25, -0.2) is 4.90 Å². The maximum atomic E-state index is 14.6. The number of anilines is 2. The van der Waals surface area contributed by atoms with Crippen molar-refractivity contribution in [3.05, 3.63) is 96.1 Å². The second-order valence-electron chi connectivity index (χ2n) is 12.6. The number of ether oxygens (including phenoxy) is 1. The predicted molar refractivity (Wildman–Crippen MR) is 169 cm³/mol. The molecule has 0 aromatic heterocycles. The van der Waals surface area contributed by atoms with Crippen LogP contribution in [0.3, 0.4) is 0 Å². The van der Waals surface area contributed by atoms with Crippen molar-refractivity contribution < 1.29 is 39.1 Å². The summed E-state index contributed by atoms with van der Waals surface area (Å²) in [6.45, 7) is 1.63. The lowest BCUT2D eigenvalue weighted by molar-refractivity contribution is -0.131. The number of para-hydroxylation sites is 2. The van der Waals surface area contributed by atoms with E-state index in [0.717, 1.165) is 10.5 Å². The number of fused-ring (bicyclic) bond motifs is 4. The average molecular weight is 620 g/mol. The van der Waals surface area contributed by atoms with Gasteiger partial charge in [0.1, 0.15) is 12.4 Å². The number of amides is 4. The Labute approximate surface area is 266 Å². The van der Waals surface area contributed by atoms with Crippen LogP contribution in [0.4, 0.5) is 11.4 Å². The van der Waals surface area contributed by atoms with Gasteiger partial charge in [-0.1, -0.05) is 60.2 Å². The van der Waals surface area contributed by atoms with E-state index in [2.05, 4.69) is 0 Å². The first-order valence-electron chi connectivity index (χ1n) is 15.5. The van der Waals surface area contributed by atoms with Crippen LogP contribution in [0.25, 0.3) is 0 Å². The van der Waals surface area contributed by atoms with E-state index in [-0.39, 0.29) is 54.9 Å². The Morgan fingerprint density at radius 2 is 1.57 bits per heavy atom. The summed E-state index contributed by atoms with van der Waals surface area (Å²) in [5.74, 6) is -4.43. The topological polar surface area (TPSA) is 145 Å². The SMILES string of the molecule is CC12C(=O)N(c3ccccc3)C(=O)C1CC1C(=CCC3C(=O)N(c4cccc(B(O)O)c4)C(=O)C31)C2c1ccccc1OCCO. The monoisotopic (exact) mass is 620 g/mol. The van der Waals surface area contributed by atoms with Crippen molar-refractivity contribution in [1.29, 1.82) is 0 Å². The Balaban J connectivity index is 1.36. The van der Waals surface area contributed by atoms with Crippen LogP contribution < -0.4 is 20.0 Å². The number of hydrogen-bond donors (Lipinski definition) is 3. The second kappa shape index (κ2) is 11.3. The van der Waals surface area contributed by atoms with Crippen LogP contribution in [0.2, 0.25) is 0 Å². The Bertz CT molecular complexity index is 1780. The molecule has 1 saturated carbocycles. The van der Waals surface area contributed by atoms with Crippen LogP contribution in [0.5, 0.6) is 5.75 Å². The van der Waals surface area contributed by atoms with Crippen molar-refractivity contribution in [1.82, 2.24) is 0 Å². The van der Waals surface area contributed by atoms with Gasteiger partial charge in [0.25, 0.3) is 0 Å². The smallest absolute Gasteiger partial charge is 0.488 e. The Hall–Kier alpha value is -4.58. The molecule has 3 fully saturated rings. The average Bonchev–Trinajstić information content (AvgIpc) is 3.43. The highest BCUT2D eigenvalue weighted by Gasteiger charge is 2.68. The van der Waals surface area contributed by atoms with Gasteiger partial charge in [-0.05, 0) is 61.5 Å². The molecule has 7 rings (SSSR count). The summed E-state index contributed by atoms with van der Waals surface area (Å²) in [6.07, 6.45) is 2.43. The van der Waals surface area contributed by atoms with E-state index in [9.17, 15) is 34.3 Å². The molecule has 2 saturated heterocycles. The van der Waals surface area contributed by atoms with Crippen molar-refractivity contribution >= 4 is 47.6 Å². The zero-order valence-corrected chi connectivity index (χ0v) is 25.2. The molecule has 46 heavy (non-hydrogen) atoms. The number of hydrogen-bond acceptors (Lipinski definition) is 8. The molecular formula is C35H33BN2O8. The molecule has 4 aliphatic rings. The number of benzene rings is 3. The largest absolute Gasteiger partial charge is 0.491 e. The molecule has 4 amide bonds. The van der Waals surface area contributed by atoms with Crippen LogP contribution in [0.1, 0.15) is 31.2 Å². The molecular weight excluding hydrogens is 587 g/mol. The van der Waals surface area contributed by atoms with Gasteiger partial charge in [0.2, 0.25) is 23.6 Å². The molecule has 0 bridgehead atoms. The standard InChI is InChI=1S/C35H33BN2O8/c1-35-27(32(41)38(34(35)43)21-9-3-2-4-10-21)19-26-23(30(35)24-12-5-6-13-28(24)46-17-16-39)14-15-25-29(26)33(42)37(31(25)40)22-11-7-8-20(18-22)36(44)45/h2-14,18,25-27,29-30,39,44-45H,15-17,19H2,1H3. The number of rotatable bonds is 7. The third kappa shape index (κ3) is 4.37. The van der Waals surface area contributed by atoms with Crippen molar-refractivity contribution in [2.75, 3.05) is 23.0 Å². The van der Waals surface area contributed by atoms with Crippen molar-refractivity contribution in [3.63, 3.8) is 0 Å². The number of nitrogens with zero attached hydrogens (tertiary/aromatic N) is 2.